The maximum atomic E-state index is 12.2. The molecule has 5 heteroatoms. The number of piperidine rings is 1. The third-order valence-corrected chi connectivity index (χ3v) is 5.54. The minimum atomic E-state index is -0.0379. The summed E-state index contributed by atoms with van der Waals surface area (Å²) in [5.74, 6) is 0.578. The fourth-order valence-corrected chi connectivity index (χ4v) is 4.00. The van der Waals surface area contributed by atoms with Gasteiger partial charge in [-0.2, -0.15) is 0 Å². The van der Waals surface area contributed by atoms with E-state index in [1.807, 2.05) is 6.20 Å². The number of nitrogen functional groups attached to an aromatic ring is 1. The molecule has 2 aromatic carbocycles. The third-order valence-electron chi connectivity index (χ3n) is 5.54. The highest BCUT2D eigenvalue weighted by Crippen LogP contribution is 2.32. The summed E-state index contributed by atoms with van der Waals surface area (Å²) < 4.78 is 0. The Morgan fingerprint density at radius 3 is 2.67 bits per heavy atom. The Labute approximate surface area is 159 Å². The maximum Gasteiger partial charge on any atom is 0.251 e. The molecule has 0 atom stereocenters. The van der Waals surface area contributed by atoms with Gasteiger partial charge in [0.15, 0.2) is 0 Å². The smallest absolute Gasteiger partial charge is 0.251 e. The van der Waals surface area contributed by atoms with E-state index in [4.69, 9.17) is 5.73 Å². The fourth-order valence-electron chi connectivity index (χ4n) is 4.00. The van der Waals surface area contributed by atoms with Gasteiger partial charge >= 0.3 is 0 Å². The van der Waals surface area contributed by atoms with Crippen molar-refractivity contribution in [3.63, 3.8) is 0 Å². The minimum absolute atomic E-state index is 0.0379. The van der Waals surface area contributed by atoms with Crippen molar-refractivity contribution in [2.45, 2.75) is 18.8 Å². The van der Waals surface area contributed by atoms with Crippen LogP contribution in [0.3, 0.4) is 0 Å². The number of fused-ring (bicyclic) bond motifs is 1. The number of aromatic amines is 1. The maximum absolute atomic E-state index is 12.2. The summed E-state index contributed by atoms with van der Waals surface area (Å²) in [5, 5.41) is 4.36. The summed E-state index contributed by atoms with van der Waals surface area (Å²) in [6.07, 6.45) is 4.35. The lowest BCUT2D eigenvalue weighted by Gasteiger charge is -2.32. The van der Waals surface area contributed by atoms with Crippen molar-refractivity contribution in [3.8, 4) is 0 Å². The average molecular weight is 362 g/mol. The van der Waals surface area contributed by atoms with Crippen LogP contribution in [0.1, 0.15) is 34.7 Å². The number of H-pyrrole nitrogens is 1. The Bertz CT molecular complexity index is 907. The zero-order valence-corrected chi connectivity index (χ0v) is 15.4. The molecule has 4 rings (SSSR count). The highest BCUT2D eigenvalue weighted by molar-refractivity contribution is 5.94. The van der Waals surface area contributed by atoms with Gasteiger partial charge < -0.3 is 20.9 Å². The van der Waals surface area contributed by atoms with E-state index in [-0.39, 0.29) is 5.91 Å². The van der Waals surface area contributed by atoms with Gasteiger partial charge in [-0.3, -0.25) is 4.79 Å². The Kier molecular flexibility index (Phi) is 5.12. The van der Waals surface area contributed by atoms with Crippen molar-refractivity contribution in [2.75, 3.05) is 31.9 Å². The standard InChI is InChI=1S/C22H26N4O/c23-18-6-4-17(5-7-18)22(27)25-12-15-26-13-9-16(10-14-26)19-2-1-3-21-20(19)8-11-24-21/h1-8,11,16,24H,9-10,12-15,23H2,(H,25,27). The molecule has 0 spiro atoms. The number of nitrogens with zero attached hydrogens (tertiary/aromatic N) is 1. The molecule has 0 saturated carbocycles. The van der Waals surface area contributed by atoms with E-state index < -0.39 is 0 Å². The molecule has 0 unspecified atom stereocenters. The molecule has 0 radical (unpaired) electrons. The summed E-state index contributed by atoms with van der Waals surface area (Å²) in [5.41, 5.74) is 9.67. The molecule has 0 bridgehead atoms. The molecule has 140 valence electrons. The van der Waals surface area contributed by atoms with Gasteiger partial charge in [0.25, 0.3) is 5.91 Å². The summed E-state index contributed by atoms with van der Waals surface area (Å²) in [7, 11) is 0. The van der Waals surface area contributed by atoms with Crippen LogP contribution >= 0.6 is 0 Å². The van der Waals surface area contributed by atoms with Crippen molar-refractivity contribution in [3.05, 3.63) is 65.9 Å². The van der Waals surface area contributed by atoms with Gasteiger partial charge in [-0.05, 0) is 73.8 Å². The largest absolute Gasteiger partial charge is 0.399 e. The molecular formula is C22H26N4O. The Balaban J connectivity index is 1.26. The lowest BCUT2D eigenvalue weighted by Crippen LogP contribution is -2.39. The van der Waals surface area contributed by atoms with Gasteiger partial charge in [0.05, 0.1) is 0 Å². The Morgan fingerprint density at radius 2 is 1.89 bits per heavy atom. The highest BCUT2D eigenvalue weighted by atomic mass is 16.1. The molecule has 1 saturated heterocycles. The summed E-state index contributed by atoms with van der Waals surface area (Å²) in [4.78, 5) is 17.9. The molecule has 5 nitrogen and oxygen atoms in total. The number of anilines is 1. The summed E-state index contributed by atoms with van der Waals surface area (Å²) >= 11 is 0. The molecule has 2 heterocycles. The molecule has 1 amide bonds. The van der Waals surface area contributed by atoms with Gasteiger partial charge in [-0.15, -0.1) is 0 Å². The van der Waals surface area contributed by atoms with Gasteiger partial charge in [0.1, 0.15) is 0 Å². The van der Waals surface area contributed by atoms with Crippen molar-refractivity contribution in [1.29, 1.82) is 0 Å². The van der Waals surface area contributed by atoms with Crippen molar-refractivity contribution < 1.29 is 4.79 Å². The molecule has 0 aliphatic carbocycles. The SMILES string of the molecule is Nc1ccc(C(=O)NCCN2CCC(c3cccc4[nH]ccc34)CC2)cc1. The van der Waals surface area contributed by atoms with Crippen LogP contribution in [0.25, 0.3) is 10.9 Å². The van der Waals surface area contributed by atoms with Crippen LogP contribution in [0.5, 0.6) is 0 Å². The third kappa shape index (κ3) is 3.98. The molecule has 27 heavy (non-hydrogen) atoms. The Morgan fingerprint density at radius 1 is 1.11 bits per heavy atom. The normalized spacial score (nSPS) is 15.9. The Hall–Kier alpha value is -2.79. The second kappa shape index (κ2) is 7.84. The first-order valence-electron chi connectivity index (χ1n) is 9.63. The van der Waals surface area contributed by atoms with Gasteiger partial charge in [-0.25, -0.2) is 0 Å². The average Bonchev–Trinajstić information content (AvgIpc) is 3.18. The molecule has 1 aromatic heterocycles. The first-order chi connectivity index (χ1) is 13.2. The minimum Gasteiger partial charge on any atom is -0.399 e. The van der Waals surface area contributed by atoms with Crippen LogP contribution in [-0.4, -0.2) is 42.0 Å². The number of rotatable bonds is 5. The van der Waals surface area contributed by atoms with Crippen LogP contribution in [0.15, 0.2) is 54.7 Å². The number of benzene rings is 2. The molecule has 3 aromatic rings. The number of carbonyl (C=O) groups is 1. The quantitative estimate of drug-likeness (QED) is 0.609. The molecular weight excluding hydrogens is 336 g/mol. The number of amides is 1. The number of carbonyl (C=O) groups excluding carboxylic acids is 1. The predicted molar refractivity (Wildman–Crippen MR) is 110 cm³/mol. The van der Waals surface area contributed by atoms with E-state index in [1.165, 1.54) is 16.5 Å². The summed E-state index contributed by atoms with van der Waals surface area (Å²) in [6.45, 7) is 3.70. The van der Waals surface area contributed by atoms with Crippen LogP contribution in [0.2, 0.25) is 0 Å². The first kappa shape index (κ1) is 17.6. The van der Waals surface area contributed by atoms with E-state index in [9.17, 15) is 4.79 Å². The number of likely N-dealkylation sites (tertiary alicyclic amines) is 1. The zero-order valence-electron chi connectivity index (χ0n) is 15.4. The van der Waals surface area contributed by atoms with Crippen LogP contribution in [-0.2, 0) is 0 Å². The second-order valence-corrected chi connectivity index (χ2v) is 7.28. The number of hydrogen-bond acceptors (Lipinski definition) is 3. The van der Waals surface area contributed by atoms with Gasteiger partial charge in [0, 0.05) is 41.4 Å². The highest BCUT2D eigenvalue weighted by Gasteiger charge is 2.22. The monoisotopic (exact) mass is 362 g/mol. The van der Waals surface area contributed by atoms with Crippen molar-refractivity contribution in [2.24, 2.45) is 0 Å². The van der Waals surface area contributed by atoms with Crippen molar-refractivity contribution >= 4 is 22.5 Å². The number of hydrogen-bond donors (Lipinski definition) is 3. The topological polar surface area (TPSA) is 74.2 Å². The number of nitrogens with one attached hydrogen (secondary N) is 2. The van der Waals surface area contributed by atoms with Crippen LogP contribution in [0, 0.1) is 0 Å². The lowest BCUT2D eigenvalue weighted by molar-refractivity contribution is 0.0946. The van der Waals surface area contributed by atoms with Gasteiger partial charge in [-0.1, -0.05) is 12.1 Å². The molecule has 4 N–H and O–H groups in total. The van der Waals surface area contributed by atoms with E-state index >= 15 is 0 Å². The number of aromatic nitrogens is 1. The van der Waals surface area contributed by atoms with Crippen LogP contribution < -0.4 is 11.1 Å². The van der Waals surface area contributed by atoms with E-state index in [2.05, 4.69) is 39.5 Å². The molecule has 1 fully saturated rings. The molecule has 1 aliphatic rings. The second-order valence-electron chi connectivity index (χ2n) is 7.28. The van der Waals surface area contributed by atoms with E-state index in [0.717, 1.165) is 32.5 Å². The van der Waals surface area contributed by atoms with Gasteiger partial charge in [0.2, 0.25) is 0 Å². The summed E-state index contributed by atoms with van der Waals surface area (Å²) in [6, 6.07) is 15.8. The molecule has 1 aliphatic heterocycles. The van der Waals surface area contributed by atoms with E-state index in [0.29, 0.717) is 23.7 Å². The van der Waals surface area contributed by atoms with E-state index in [1.54, 1.807) is 24.3 Å². The van der Waals surface area contributed by atoms with Crippen LogP contribution in [0.4, 0.5) is 5.69 Å². The predicted octanol–water partition coefficient (Wildman–Crippen LogP) is 3.36. The first-order valence-corrected chi connectivity index (χ1v) is 9.63. The lowest BCUT2D eigenvalue weighted by atomic mass is 9.87. The van der Waals surface area contributed by atoms with Crippen molar-refractivity contribution in [1.82, 2.24) is 15.2 Å². The zero-order chi connectivity index (χ0) is 18.6. The fraction of sp³-hybridized carbons (Fsp3) is 0.318. The number of nitrogens with two attached hydrogens (primary N) is 1.